The molecule has 0 bridgehead atoms. The van der Waals surface area contributed by atoms with E-state index < -0.39 is 5.91 Å². The highest BCUT2D eigenvalue weighted by Gasteiger charge is 2.19. The molecule has 28 heavy (non-hydrogen) atoms. The van der Waals surface area contributed by atoms with Gasteiger partial charge < -0.3 is 0 Å². The number of nitrogens with zero attached hydrogens (tertiary/aromatic N) is 2. The van der Waals surface area contributed by atoms with Crippen molar-refractivity contribution in [3.05, 3.63) is 76.9 Å². The molecule has 2 aromatic carbocycles. The largest absolute Gasteiger partial charge is 0.273 e. The molecule has 0 aliphatic rings. The van der Waals surface area contributed by atoms with Crippen molar-refractivity contribution < 1.29 is 9.59 Å². The minimum Gasteiger partial charge on any atom is -0.273 e. The third-order valence-electron chi connectivity index (χ3n) is 4.13. The summed E-state index contributed by atoms with van der Waals surface area (Å²) in [5.74, 6) is -0.937. The van der Waals surface area contributed by atoms with E-state index in [-0.39, 0.29) is 11.8 Å². The van der Waals surface area contributed by atoms with Gasteiger partial charge in [0, 0.05) is 22.7 Å². The zero-order chi connectivity index (χ0) is 20.1. The fraction of sp³-hybridized carbons (Fsp3) is 0.190. The van der Waals surface area contributed by atoms with E-state index >= 15 is 0 Å². The summed E-state index contributed by atoms with van der Waals surface area (Å²) < 4.78 is 1.71. The normalized spacial score (nSPS) is 10.7. The van der Waals surface area contributed by atoms with Gasteiger partial charge in [0.15, 0.2) is 0 Å². The number of hydrazine groups is 1. The van der Waals surface area contributed by atoms with E-state index in [1.807, 2.05) is 30.3 Å². The molecule has 144 valence electrons. The smallest absolute Gasteiger partial charge is 0.273 e. The first-order valence-corrected chi connectivity index (χ1v) is 9.29. The average Bonchev–Trinajstić information content (AvgIpc) is 3.11. The van der Waals surface area contributed by atoms with Crippen molar-refractivity contribution in [1.29, 1.82) is 0 Å². The lowest BCUT2D eigenvalue weighted by atomic mass is 10.1. The molecule has 0 saturated heterocycles. The highest BCUT2D eigenvalue weighted by molar-refractivity contribution is 6.30. The highest BCUT2D eigenvalue weighted by atomic mass is 35.5. The van der Waals surface area contributed by atoms with Crippen molar-refractivity contribution in [3.63, 3.8) is 0 Å². The molecule has 0 unspecified atom stereocenters. The Morgan fingerprint density at radius 1 is 1.04 bits per heavy atom. The van der Waals surface area contributed by atoms with Crippen LogP contribution in [0.1, 0.15) is 29.8 Å². The summed E-state index contributed by atoms with van der Waals surface area (Å²) in [6, 6.07) is 16.9. The summed E-state index contributed by atoms with van der Waals surface area (Å²) in [4.78, 5) is 24.4. The first-order chi connectivity index (χ1) is 13.4. The summed E-state index contributed by atoms with van der Waals surface area (Å²) in [6.07, 6.45) is 1.67. The quantitative estimate of drug-likeness (QED) is 0.646. The molecule has 0 atom stereocenters. The molecule has 0 aliphatic heterocycles. The number of nitrogens with one attached hydrogen (secondary N) is 2. The molecule has 1 aromatic heterocycles. The van der Waals surface area contributed by atoms with Gasteiger partial charge in [0.2, 0.25) is 5.91 Å². The van der Waals surface area contributed by atoms with Gasteiger partial charge >= 0.3 is 0 Å². The van der Waals surface area contributed by atoms with E-state index in [9.17, 15) is 9.59 Å². The molecule has 3 rings (SSSR count). The molecule has 1 heterocycles. The van der Waals surface area contributed by atoms with Crippen molar-refractivity contribution in [2.45, 2.75) is 20.4 Å². The summed E-state index contributed by atoms with van der Waals surface area (Å²) >= 11 is 5.98. The lowest BCUT2D eigenvalue weighted by Gasteiger charge is -2.09. The van der Waals surface area contributed by atoms with Crippen LogP contribution in [0.15, 0.2) is 60.8 Å². The van der Waals surface area contributed by atoms with E-state index in [2.05, 4.69) is 16.0 Å². The van der Waals surface area contributed by atoms with Gasteiger partial charge in [-0.1, -0.05) is 67.9 Å². The zero-order valence-electron chi connectivity index (χ0n) is 15.6. The maximum Gasteiger partial charge on any atom is 0.273 e. The lowest BCUT2D eigenvalue weighted by molar-refractivity contribution is -0.124. The Hall–Kier alpha value is -3.12. The number of hydrogen-bond acceptors (Lipinski definition) is 3. The Morgan fingerprint density at radius 2 is 1.71 bits per heavy atom. The number of benzene rings is 2. The Morgan fingerprint density at radius 3 is 2.36 bits per heavy atom. The van der Waals surface area contributed by atoms with Crippen molar-refractivity contribution >= 4 is 23.4 Å². The third kappa shape index (κ3) is 4.78. The summed E-state index contributed by atoms with van der Waals surface area (Å²) in [5, 5.41) is 5.19. The Balaban J connectivity index is 1.90. The monoisotopic (exact) mass is 396 g/mol. The predicted molar refractivity (Wildman–Crippen MR) is 109 cm³/mol. The molecule has 0 aliphatic carbocycles. The zero-order valence-corrected chi connectivity index (χ0v) is 16.4. The fourth-order valence-corrected chi connectivity index (χ4v) is 2.72. The van der Waals surface area contributed by atoms with Crippen LogP contribution < -0.4 is 10.9 Å². The molecular weight excluding hydrogens is 376 g/mol. The molecule has 0 fully saturated rings. The second-order valence-corrected chi connectivity index (χ2v) is 7.12. The molecule has 7 heteroatoms. The van der Waals surface area contributed by atoms with Crippen LogP contribution in [0.3, 0.4) is 0 Å². The number of hydrogen-bond donors (Lipinski definition) is 2. The van der Waals surface area contributed by atoms with Crippen molar-refractivity contribution in [1.82, 2.24) is 20.6 Å². The Kier molecular flexibility index (Phi) is 6.11. The van der Waals surface area contributed by atoms with Gasteiger partial charge in [-0.2, -0.15) is 5.10 Å². The molecule has 0 spiro atoms. The maximum absolute atomic E-state index is 12.7. The molecule has 0 radical (unpaired) electrons. The van der Waals surface area contributed by atoms with Crippen LogP contribution in [0.4, 0.5) is 0 Å². The molecular formula is C21H21ClN4O2. The maximum atomic E-state index is 12.7. The van der Waals surface area contributed by atoms with Crippen LogP contribution in [0.5, 0.6) is 0 Å². The van der Waals surface area contributed by atoms with Gasteiger partial charge in [0.1, 0.15) is 5.69 Å². The number of rotatable bonds is 5. The van der Waals surface area contributed by atoms with Gasteiger partial charge in [-0.15, -0.1) is 0 Å². The number of aromatic nitrogens is 2. The Bertz CT molecular complexity index is 966. The topological polar surface area (TPSA) is 76.0 Å². The second-order valence-electron chi connectivity index (χ2n) is 6.68. The van der Waals surface area contributed by atoms with Crippen LogP contribution in [-0.4, -0.2) is 21.6 Å². The predicted octanol–water partition coefficient (Wildman–Crippen LogP) is 3.67. The first kappa shape index (κ1) is 19.6. The van der Waals surface area contributed by atoms with Gasteiger partial charge in [-0.3, -0.25) is 25.1 Å². The van der Waals surface area contributed by atoms with Crippen LogP contribution >= 0.6 is 11.6 Å². The first-order valence-electron chi connectivity index (χ1n) is 8.91. The number of carbonyl (C=O) groups is 2. The van der Waals surface area contributed by atoms with Gasteiger partial charge in [0.05, 0.1) is 12.1 Å². The third-order valence-corrected chi connectivity index (χ3v) is 4.39. The van der Waals surface area contributed by atoms with Gasteiger partial charge in [0.25, 0.3) is 5.91 Å². The second kappa shape index (κ2) is 8.71. The molecule has 3 aromatic rings. The summed E-state index contributed by atoms with van der Waals surface area (Å²) in [6.45, 7) is 4.02. The minimum atomic E-state index is -0.432. The molecule has 0 saturated carbocycles. The number of amides is 2. The van der Waals surface area contributed by atoms with E-state index in [1.54, 1.807) is 49.0 Å². The van der Waals surface area contributed by atoms with Crippen LogP contribution in [0, 0.1) is 5.92 Å². The van der Waals surface area contributed by atoms with Crippen LogP contribution in [0.25, 0.3) is 11.3 Å². The van der Waals surface area contributed by atoms with Crippen molar-refractivity contribution in [2.24, 2.45) is 5.92 Å². The van der Waals surface area contributed by atoms with E-state index in [4.69, 9.17) is 11.6 Å². The van der Waals surface area contributed by atoms with E-state index in [0.29, 0.717) is 22.8 Å². The highest BCUT2D eigenvalue weighted by Crippen LogP contribution is 2.24. The number of halogens is 1. The lowest BCUT2D eigenvalue weighted by Crippen LogP contribution is -2.43. The van der Waals surface area contributed by atoms with Crippen LogP contribution in [-0.2, 0) is 11.3 Å². The molecule has 2 N–H and O–H groups in total. The average molecular weight is 397 g/mol. The SMILES string of the molecule is CC(C)C(=O)NNC(=O)c1cn(Cc2ccccc2)nc1-c1ccc(Cl)cc1. The van der Waals surface area contributed by atoms with E-state index in [1.165, 1.54) is 0 Å². The Labute approximate surface area is 168 Å². The molecule has 2 amide bonds. The minimum absolute atomic E-state index is 0.239. The number of carbonyl (C=O) groups excluding carboxylic acids is 2. The summed E-state index contributed by atoms with van der Waals surface area (Å²) in [7, 11) is 0. The van der Waals surface area contributed by atoms with Gasteiger partial charge in [-0.05, 0) is 17.7 Å². The molecule has 6 nitrogen and oxygen atoms in total. The standard InChI is InChI=1S/C21H21ClN4O2/c1-14(2)20(27)23-24-21(28)18-13-26(12-15-6-4-3-5-7-15)25-19(18)16-8-10-17(22)11-9-16/h3-11,13-14H,12H2,1-2H3,(H,23,27)(H,24,28). The van der Waals surface area contributed by atoms with Crippen LogP contribution in [0.2, 0.25) is 5.02 Å². The van der Waals surface area contributed by atoms with Gasteiger partial charge in [-0.25, -0.2) is 0 Å². The van der Waals surface area contributed by atoms with Crippen molar-refractivity contribution in [2.75, 3.05) is 0 Å². The summed E-state index contributed by atoms with van der Waals surface area (Å²) in [5.41, 5.74) is 7.60. The van der Waals surface area contributed by atoms with Crippen molar-refractivity contribution in [3.8, 4) is 11.3 Å². The van der Waals surface area contributed by atoms with E-state index in [0.717, 1.165) is 11.1 Å². The fourth-order valence-electron chi connectivity index (χ4n) is 2.59.